The lowest BCUT2D eigenvalue weighted by molar-refractivity contribution is -0.117. The Labute approximate surface area is 141 Å². The summed E-state index contributed by atoms with van der Waals surface area (Å²) in [6.45, 7) is 0. The van der Waals surface area contributed by atoms with Gasteiger partial charge >= 0.3 is 0 Å². The van der Waals surface area contributed by atoms with E-state index in [2.05, 4.69) is 26.3 Å². The Hall–Kier alpha value is -3.22. The molecule has 4 aromatic rings. The fourth-order valence-corrected chi connectivity index (χ4v) is 2.97. The molecule has 0 aromatic carbocycles. The van der Waals surface area contributed by atoms with Crippen LogP contribution in [-0.4, -0.2) is 31.4 Å². The third kappa shape index (κ3) is 2.44. The zero-order chi connectivity index (χ0) is 17.0. The maximum absolute atomic E-state index is 13.0. The Kier molecular flexibility index (Phi) is 2.91. The molecule has 4 aromatic heterocycles. The molecule has 1 saturated carbocycles. The van der Waals surface area contributed by atoms with Crippen LogP contribution in [0.4, 0.5) is 10.2 Å². The van der Waals surface area contributed by atoms with Gasteiger partial charge in [-0.15, -0.1) is 0 Å². The molecule has 1 aliphatic rings. The molecule has 1 fully saturated rings. The van der Waals surface area contributed by atoms with Gasteiger partial charge in [0, 0.05) is 35.1 Å². The van der Waals surface area contributed by atoms with Crippen LogP contribution in [0.25, 0.3) is 27.8 Å². The van der Waals surface area contributed by atoms with Crippen molar-refractivity contribution < 1.29 is 9.18 Å². The largest absolute Gasteiger partial charge is 0.346 e. The van der Waals surface area contributed by atoms with E-state index in [1.54, 1.807) is 6.20 Å². The summed E-state index contributed by atoms with van der Waals surface area (Å²) in [5.74, 6) is -0.404. The van der Waals surface area contributed by atoms with Crippen molar-refractivity contribution in [2.24, 2.45) is 5.92 Å². The lowest BCUT2D eigenvalue weighted by Gasteiger charge is -2.02. The van der Waals surface area contributed by atoms with Crippen LogP contribution in [0, 0.1) is 5.92 Å². The Morgan fingerprint density at radius 2 is 2.16 bits per heavy atom. The minimum absolute atomic E-state index is 0.304. The van der Waals surface area contributed by atoms with Crippen molar-refractivity contribution in [1.29, 1.82) is 0 Å². The number of aromatic amines is 1. The van der Waals surface area contributed by atoms with Crippen LogP contribution in [0.2, 0.25) is 0 Å². The van der Waals surface area contributed by atoms with Crippen LogP contribution in [0.1, 0.15) is 6.42 Å². The molecule has 2 unspecified atom stereocenters. The number of nitrogens with zero attached hydrogens (tertiary/aromatic N) is 3. The van der Waals surface area contributed by atoms with Gasteiger partial charge in [0.1, 0.15) is 17.5 Å². The summed E-state index contributed by atoms with van der Waals surface area (Å²) in [5, 5.41) is 3.72. The zero-order valence-corrected chi connectivity index (χ0v) is 13.1. The number of pyridine rings is 2. The molecule has 0 spiro atoms. The first kappa shape index (κ1) is 14.2. The van der Waals surface area contributed by atoms with E-state index in [0.29, 0.717) is 17.9 Å². The second kappa shape index (κ2) is 5.14. The third-order valence-corrected chi connectivity index (χ3v) is 4.49. The molecule has 2 N–H and O–H groups in total. The standard InChI is InChI=1S/C18H14FN5O/c19-14-6-13(14)18(25)23-15-9-24-8-11(1-2-16(24)22-15)12-5-10-3-4-20-17(10)21-7-12/h1-5,7-9,13-14H,6H2,(H,20,21)(H,23,25). The third-order valence-electron chi connectivity index (χ3n) is 4.49. The summed E-state index contributed by atoms with van der Waals surface area (Å²) in [7, 11) is 0. The first-order valence-corrected chi connectivity index (χ1v) is 8.04. The van der Waals surface area contributed by atoms with Crippen molar-refractivity contribution in [2.75, 3.05) is 5.32 Å². The number of halogens is 1. The lowest BCUT2D eigenvalue weighted by atomic mass is 10.1. The predicted octanol–water partition coefficient (Wildman–Crippen LogP) is 3.17. The monoisotopic (exact) mass is 335 g/mol. The van der Waals surface area contributed by atoms with Gasteiger partial charge in [0.05, 0.1) is 12.1 Å². The number of nitrogens with one attached hydrogen (secondary N) is 2. The van der Waals surface area contributed by atoms with Gasteiger partial charge in [-0.25, -0.2) is 14.4 Å². The van der Waals surface area contributed by atoms with E-state index in [-0.39, 0.29) is 5.91 Å². The Morgan fingerprint density at radius 1 is 1.28 bits per heavy atom. The molecule has 1 amide bonds. The Bertz CT molecular complexity index is 1120. The average Bonchev–Trinajstić information content (AvgIpc) is 3.02. The quantitative estimate of drug-likeness (QED) is 0.604. The van der Waals surface area contributed by atoms with Gasteiger partial charge < -0.3 is 14.7 Å². The van der Waals surface area contributed by atoms with Gasteiger partial charge in [0.25, 0.3) is 0 Å². The summed E-state index contributed by atoms with van der Waals surface area (Å²) < 4.78 is 14.8. The van der Waals surface area contributed by atoms with E-state index in [1.165, 1.54) is 0 Å². The molecule has 4 heterocycles. The molecule has 25 heavy (non-hydrogen) atoms. The van der Waals surface area contributed by atoms with Crippen LogP contribution >= 0.6 is 0 Å². The van der Waals surface area contributed by atoms with Crippen LogP contribution in [-0.2, 0) is 4.79 Å². The Balaban J connectivity index is 1.47. The number of carbonyl (C=O) groups excluding carboxylic acids is 1. The highest BCUT2D eigenvalue weighted by Gasteiger charge is 2.43. The van der Waals surface area contributed by atoms with Crippen LogP contribution in [0.5, 0.6) is 0 Å². The smallest absolute Gasteiger partial charge is 0.231 e. The number of amides is 1. The minimum atomic E-state index is -1.01. The highest BCUT2D eigenvalue weighted by Crippen LogP contribution is 2.34. The van der Waals surface area contributed by atoms with Crippen molar-refractivity contribution in [2.45, 2.75) is 12.6 Å². The first-order valence-electron chi connectivity index (χ1n) is 8.04. The molecule has 0 bridgehead atoms. The average molecular weight is 335 g/mol. The normalized spacial score (nSPS) is 19.4. The van der Waals surface area contributed by atoms with Crippen molar-refractivity contribution in [1.82, 2.24) is 19.4 Å². The molecule has 7 heteroatoms. The van der Waals surface area contributed by atoms with Crippen LogP contribution in [0.15, 0.2) is 49.1 Å². The summed E-state index contributed by atoms with van der Waals surface area (Å²) in [6, 6.07) is 7.88. The van der Waals surface area contributed by atoms with Crippen LogP contribution < -0.4 is 5.32 Å². The highest BCUT2D eigenvalue weighted by molar-refractivity contribution is 5.94. The molecule has 0 aliphatic heterocycles. The number of H-pyrrole nitrogens is 1. The van der Waals surface area contributed by atoms with E-state index >= 15 is 0 Å². The number of hydrogen-bond acceptors (Lipinski definition) is 3. The van der Waals surface area contributed by atoms with Gasteiger partial charge in [0.2, 0.25) is 5.91 Å². The van der Waals surface area contributed by atoms with Gasteiger partial charge in [-0.05, 0) is 30.7 Å². The summed E-state index contributed by atoms with van der Waals surface area (Å²) in [6.07, 6.45) is 6.63. The molecule has 124 valence electrons. The number of rotatable bonds is 3. The molecule has 5 rings (SSSR count). The van der Waals surface area contributed by atoms with Gasteiger partial charge in [0.15, 0.2) is 5.82 Å². The molecule has 1 aliphatic carbocycles. The highest BCUT2D eigenvalue weighted by atomic mass is 19.1. The Morgan fingerprint density at radius 3 is 3.00 bits per heavy atom. The van der Waals surface area contributed by atoms with E-state index in [9.17, 15) is 9.18 Å². The summed E-state index contributed by atoms with van der Waals surface area (Å²) >= 11 is 0. The molecular weight excluding hydrogens is 321 g/mol. The molecule has 0 saturated heterocycles. The maximum Gasteiger partial charge on any atom is 0.231 e. The van der Waals surface area contributed by atoms with Crippen molar-refractivity contribution in [3.8, 4) is 11.1 Å². The molecule has 6 nitrogen and oxygen atoms in total. The van der Waals surface area contributed by atoms with Gasteiger partial charge in [-0.3, -0.25) is 4.79 Å². The molecule has 2 atom stereocenters. The number of imidazole rings is 1. The van der Waals surface area contributed by atoms with E-state index in [1.807, 2.05) is 41.2 Å². The van der Waals surface area contributed by atoms with Crippen molar-refractivity contribution >= 4 is 28.4 Å². The van der Waals surface area contributed by atoms with Gasteiger partial charge in [-0.1, -0.05) is 0 Å². The van der Waals surface area contributed by atoms with Crippen LogP contribution in [0.3, 0.4) is 0 Å². The molecule has 0 radical (unpaired) electrons. The topological polar surface area (TPSA) is 75.1 Å². The predicted molar refractivity (Wildman–Crippen MR) is 91.9 cm³/mol. The van der Waals surface area contributed by atoms with E-state index < -0.39 is 12.1 Å². The molecular formula is C18H14FN5O. The minimum Gasteiger partial charge on any atom is -0.346 e. The van der Waals surface area contributed by atoms with Crippen molar-refractivity contribution in [3.05, 3.63) is 49.1 Å². The fourth-order valence-electron chi connectivity index (χ4n) is 2.97. The number of alkyl halides is 1. The zero-order valence-electron chi connectivity index (χ0n) is 13.1. The number of carbonyl (C=O) groups is 1. The SMILES string of the molecule is O=C(Nc1cn2cc(-c3cnc4[nH]ccc4c3)ccc2n1)C1CC1F. The summed E-state index contributed by atoms with van der Waals surface area (Å²) in [5.41, 5.74) is 3.54. The number of aromatic nitrogens is 4. The second-order valence-electron chi connectivity index (χ2n) is 6.30. The first-order chi connectivity index (χ1) is 12.2. The lowest BCUT2D eigenvalue weighted by Crippen LogP contribution is -2.15. The fraction of sp³-hybridized carbons (Fsp3) is 0.167. The van der Waals surface area contributed by atoms with E-state index in [0.717, 1.165) is 22.2 Å². The number of fused-ring (bicyclic) bond motifs is 2. The van der Waals surface area contributed by atoms with E-state index in [4.69, 9.17) is 0 Å². The second-order valence-corrected chi connectivity index (χ2v) is 6.30. The number of hydrogen-bond donors (Lipinski definition) is 2. The summed E-state index contributed by atoms with van der Waals surface area (Å²) in [4.78, 5) is 23.7. The van der Waals surface area contributed by atoms with Gasteiger partial charge in [-0.2, -0.15) is 0 Å². The number of anilines is 1. The maximum atomic E-state index is 13.0. The van der Waals surface area contributed by atoms with Crippen molar-refractivity contribution in [3.63, 3.8) is 0 Å².